The molecule has 2 rings (SSSR count). The fourth-order valence-corrected chi connectivity index (χ4v) is 3.41. The maximum atomic E-state index is 14.7. The van der Waals surface area contributed by atoms with Crippen molar-refractivity contribution in [2.75, 3.05) is 5.32 Å². The van der Waals surface area contributed by atoms with Gasteiger partial charge in [-0.05, 0) is 46.9 Å². The number of rotatable bonds is 4. The van der Waals surface area contributed by atoms with Crippen molar-refractivity contribution in [1.82, 2.24) is 0 Å². The molecule has 1 N–H and O–H groups in total. The van der Waals surface area contributed by atoms with Crippen LogP contribution >= 0.6 is 22.6 Å². The van der Waals surface area contributed by atoms with Crippen LogP contribution in [0.2, 0.25) is 0 Å². The minimum atomic E-state index is -7.15. The Labute approximate surface area is 190 Å². The number of carbonyl (C=O) groups is 1. The van der Waals surface area contributed by atoms with E-state index < -0.39 is 62.5 Å². The van der Waals surface area contributed by atoms with Gasteiger partial charge in [0, 0.05) is 14.7 Å². The summed E-state index contributed by atoms with van der Waals surface area (Å²) in [5.74, 6) is -8.37. The van der Waals surface area contributed by atoms with Crippen molar-refractivity contribution in [3.05, 3.63) is 62.7 Å². The number of nitrogens with one attached hydrogen (secondary N) is 1. The molecule has 0 aliphatic rings. The first-order valence-electron chi connectivity index (χ1n) is 8.23. The maximum absolute atomic E-state index is 14.7. The second-order valence-electron chi connectivity index (χ2n) is 6.43. The molecule has 182 valence electrons. The quantitative estimate of drug-likeness (QED) is 0.283. The summed E-state index contributed by atoms with van der Waals surface area (Å²) < 4.78 is 159. The first-order chi connectivity index (χ1) is 14.7. The molecule has 0 saturated carbocycles. The predicted molar refractivity (Wildman–Crippen MR) is 98.4 cm³/mol. The molecule has 1 unspecified atom stereocenters. The van der Waals surface area contributed by atoms with Crippen molar-refractivity contribution in [3.8, 4) is 0 Å². The van der Waals surface area contributed by atoms with Crippen molar-refractivity contribution < 1.29 is 57.5 Å². The molecular weight excluding hydrogens is 601 g/mol. The van der Waals surface area contributed by atoms with Gasteiger partial charge in [0.15, 0.2) is 0 Å². The van der Waals surface area contributed by atoms with Gasteiger partial charge in [0.2, 0.25) is 0 Å². The number of halogens is 13. The minimum Gasteiger partial charge on any atom is -0.320 e. The zero-order valence-electron chi connectivity index (χ0n) is 15.4. The minimum absolute atomic E-state index is 0.218. The third-order valence-electron chi connectivity index (χ3n) is 4.25. The van der Waals surface area contributed by atoms with Crippen molar-refractivity contribution in [1.29, 1.82) is 0 Å². The van der Waals surface area contributed by atoms with Crippen molar-refractivity contribution in [2.45, 2.75) is 30.1 Å². The van der Waals surface area contributed by atoms with E-state index in [1.54, 1.807) is 5.32 Å². The molecule has 0 heterocycles. The lowest BCUT2D eigenvalue weighted by Gasteiger charge is -2.36. The summed E-state index contributed by atoms with van der Waals surface area (Å²) in [5.41, 5.74) is -13.0. The molecule has 2 aromatic carbocycles. The summed E-state index contributed by atoms with van der Waals surface area (Å²) in [6.07, 6.45) is -19.8. The van der Waals surface area contributed by atoms with Gasteiger partial charge >= 0.3 is 30.1 Å². The van der Waals surface area contributed by atoms with Crippen LogP contribution in [0.5, 0.6) is 0 Å². The van der Waals surface area contributed by atoms with Gasteiger partial charge in [0.05, 0.1) is 11.3 Å². The van der Waals surface area contributed by atoms with Crippen LogP contribution in [-0.4, -0.2) is 24.2 Å². The van der Waals surface area contributed by atoms with Crippen LogP contribution < -0.4 is 5.32 Å². The summed E-state index contributed by atoms with van der Waals surface area (Å²) in [4.78, 5) is 12.2. The van der Waals surface area contributed by atoms with Crippen LogP contribution in [0, 0.1) is 3.57 Å². The number of hydrogen-bond donors (Lipinski definition) is 1. The van der Waals surface area contributed by atoms with Crippen LogP contribution in [0.4, 0.5) is 58.4 Å². The van der Waals surface area contributed by atoms with Gasteiger partial charge in [0.25, 0.3) is 5.91 Å². The van der Waals surface area contributed by atoms with Gasteiger partial charge in [-0.25, -0.2) is 4.39 Å². The van der Waals surface area contributed by atoms with Gasteiger partial charge in [-0.3, -0.25) is 4.79 Å². The standard InChI is InChI=1S/C18H8F12INO/c19-14(17(25,26)27,16(23,24)18(28,29)30)9-6-10(15(20,21)22)12(11(31)7-9)32-13(33)8-4-2-1-3-5-8/h1-7H,(H,32,33). The lowest BCUT2D eigenvalue weighted by molar-refractivity contribution is -0.389. The van der Waals surface area contributed by atoms with E-state index in [4.69, 9.17) is 0 Å². The second-order valence-corrected chi connectivity index (χ2v) is 7.59. The van der Waals surface area contributed by atoms with Crippen molar-refractivity contribution in [3.63, 3.8) is 0 Å². The van der Waals surface area contributed by atoms with Crippen LogP contribution in [0.3, 0.4) is 0 Å². The monoisotopic (exact) mass is 609 g/mol. The maximum Gasteiger partial charge on any atom is 0.457 e. The van der Waals surface area contributed by atoms with E-state index in [2.05, 4.69) is 0 Å². The van der Waals surface area contributed by atoms with Crippen LogP contribution in [0.1, 0.15) is 21.5 Å². The molecule has 2 nitrogen and oxygen atoms in total. The first kappa shape index (κ1) is 27.0. The number of anilines is 1. The molecule has 2 aromatic rings. The summed E-state index contributed by atoms with van der Waals surface area (Å²) in [6.45, 7) is 0. The first-order valence-corrected chi connectivity index (χ1v) is 9.31. The highest BCUT2D eigenvalue weighted by atomic mass is 127. The summed E-state index contributed by atoms with van der Waals surface area (Å²) in [6, 6.07) is 5.24. The largest absolute Gasteiger partial charge is 0.457 e. The van der Waals surface area contributed by atoms with Crippen LogP contribution in [0.15, 0.2) is 42.5 Å². The van der Waals surface area contributed by atoms with E-state index in [-0.39, 0.29) is 11.6 Å². The fourth-order valence-electron chi connectivity index (χ4n) is 2.65. The van der Waals surface area contributed by atoms with E-state index in [0.29, 0.717) is 0 Å². The Kier molecular flexibility index (Phi) is 7.00. The molecule has 1 atom stereocenters. The highest BCUT2D eigenvalue weighted by Gasteiger charge is 2.81. The Hall–Kier alpha value is -2.20. The number of carbonyl (C=O) groups excluding carboxylic acids is 1. The summed E-state index contributed by atoms with van der Waals surface area (Å²) >= 11 is 0.847. The molecule has 1 amide bonds. The summed E-state index contributed by atoms with van der Waals surface area (Å²) in [5, 5.41) is 1.71. The average molecular weight is 609 g/mol. The molecule has 0 aromatic heterocycles. The molecule has 0 radical (unpaired) electrons. The molecule has 33 heavy (non-hydrogen) atoms. The molecule has 0 aliphatic heterocycles. The van der Waals surface area contributed by atoms with Crippen LogP contribution in [0.25, 0.3) is 0 Å². The zero-order valence-corrected chi connectivity index (χ0v) is 17.5. The molecule has 0 saturated heterocycles. The fraction of sp³-hybridized carbons (Fsp3) is 0.278. The highest BCUT2D eigenvalue weighted by molar-refractivity contribution is 14.1. The smallest absolute Gasteiger partial charge is 0.320 e. The molecule has 0 fully saturated rings. The van der Waals surface area contributed by atoms with Crippen molar-refractivity contribution >= 4 is 34.2 Å². The molecular formula is C18H8F12INO. The molecule has 0 spiro atoms. The Morgan fingerprint density at radius 1 is 0.758 bits per heavy atom. The Balaban J connectivity index is 2.79. The third kappa shape index (κ3) is 4.87. The van der Waals surface area contributed by atoms with Gasteiger partial charge in [-0.15, -0.1) is 0 Å². The highest BCUT2D eigenvalue weighted by Crippen LogP contribution is 2.59. The van der Waals surface area contributed by atoms with Gasteiger partial charge in [-0.1, -0.05) is 18.2 Å². The number of benzene rings is 2. The molecule has 0 bridgehead atoms. The number of hydrogen-bond acceptors (Lipinski definition) is 1. The topological polar surface area (TPSA) is 29.1 Å². The van der Waals surface area contributed by atoms with Gasteiger partial charge in [-0.2, -0.15) is 48.3 Å². The van der Waals surface area contributed by atoms with Gasteiger partial charge in [0.1, 0.15) is 0 Å². The average Bonchev–Trinajstić information content (AvgIpc) is 2.66. The van der Waals surface area contributed by atoms with E-state index in [1.165, 1.54) is 18.2 Å². The van der Waals surface area contributed by atoms with E-state index >= 15 is 0 Å². The Morgan fingerprint density at radius 2 is 1.27 bits per heavy atom. The molecule has 0 aliphatic carbocycles. The third-order valence-corrected chi connectivity index (χ3v) is 5.10. The van der Waals surface area contributed by atoms with Gasteiger partial charge < -0.3 is 5.32 Å². The summed E-state index contributed by atoms with van der Waals surface area (Å²) in [7, 11) is 0. The van der Waals surface area contributed by atoms with E-state index in [9.17, 15) is 57.5 Å². The second kappa shape index (κ2) is 8.54. The Morgan fingerprint density at radius 3 is 1.70 bits per heavy atom. The van der Waals surface area contributed by atoms with E-state index in [0.717, 1.165) is 34.7 Å². The zero-order chi connectivity index (χ0) is 25.6. The lowest BCUT2D eigenvalue weighted by Crippen LogP contribution is -2.59. The number of alkyl halides is 12. The van der Waals surface area contributed by atoms with Crippen molar-refractivity contribution in [2.24, 2.45) is 0 Å². The predicted octanol–water partition coefficient (Wildman–Crippen LogP) is 7.49. The normalized spacial score (nSPS) is 15.2. The van der Waals surface area contributed by atoms with Crippen LogP contribution in [-0.2, 0) is 11.8 Å². The lowest BCUT2D eigenvalue weighted by atomic mass is 9.86. The van der Waals surface area contributed by atoms with E-state index in [1.807, 2.05) is 0 Å². The SMILES string of the molecule is O=C(Nc1c(I)cc(C(F)(C(F)(F)F)C(F)(F)C(F)(F)F)cc1C(F)(F)F)c1ccccc1. The molecule has 15 heteroatoms. The number of amides is 1. The Bertz CT molecular complexity index is 1030.